The third-order valence-corrected chi connectivity index (χ3v) is 8.38. The lowest BCUT2D eigenvalue weighted by atomic mass is 9.95. The monoisotopic (exact) mass is 512 g/mol. The fourth-order valence-electron chi connectivity index (χ4n) is 4.60. The number of thiophene rings is 2. The molecule has 4 rings (SSSR count). The summed E-state index contributed by atoms with van der Waals surface area (Å²) in [6, 6.07) is 10.6. The molecule has 6 nitrogen and oxygen atoms in total. The molecule has 2 amide bonds. The zero-order valence-corrected chi connectivity index (χ0v) is 22.0. The maximum atomic E-state index is 13.9. The third kappa shape index (κ3) is 5.87. The van der Waals surface area contributed by atoms with E-state index in [2.05, 4.69) is 5.32 Å². The van der Waals surface area contributed by atoms with E-state index in [9.17, 15) is 9.59 Å². The van der Waals surface area contributed by atoms with Crippen molar-refractivity contribution in [1.82, 2.24) is 5.32 Å². The molecule has 186 valence electrons. The highest BCUT2D eigenvalue weighted by Gasteiger charge is 2.36. The van der Waals surface area contributed by atoms with E-state index in [1.54, 1.807) is 31.3 Å². The molecule has 1 N–H and O–H groups in total. The molecule has 1 fully saturated rings. The van der Waals surface area contributed by atoms with Crippen molar-refractivity contribution >= 4 is 40.2 Å². The Kier molecular flexibility index (Phi) is 8.46. The number of benzene rings is 1. The van der Waals surface area contributed by atoms with Crippen LogP contribution < -0.4 is 19.7 Å². The average Bonchev–Trinajstić information content (AvgIpc) is 3.54. The van der Waals surface area contributed by atoms with Crippen LogP contribution in [0.3, 0.4) is 0 Å². The predicted molar refractivity (Wildman–Crippen MR) is 142 cm³/mol. The Hall–Kier alpha value is -2.84. The average molecular weight is 513 g/mol. The molecule has 0 bridgehead atoms. The number of amides is 2. The van der Waals surface area contributed by atoms with Crippen LogP contribution in [0.2, 0.25) is 0 Å². The van der Waals surface area contributed by atoms with Crippen LogP contribution in [0.5, 0.6) is 11.5 Å². The molecule has 35 heavy (non-hydrogen) atoms. The largest absolute Gasteiger partial charge is 0.493 e. The highest BCUT2D eigenvalue weighted by molar-refractivity contribution is 7.10. The van der Waals surface area contributed by atoms with Crippen LogP contribution in [-0.2, 0) is 16.0 Å². The maximum Gasteiger partial charge on any atom is 0.248 e. The van der Waals surface area contributed by atoms with Gasteiger partial charge in [0.25, 0.3) is 0 Å². The quantitative estimate of drug-likeness (QED) is 0.388. The van der Waals surface area contributed by atoms with E-state index in [0.29, 0.717) is 17.2 Å². The van der Waals surface area contributed by atoms with Gasteiger partial charge in [-0.3, -0.25) is 14.5 Å². The van der Waals surface area contributed by atoms with Gasteiger partial charge in [0.2, 0.25) is 11.8 Å². The molecule has 3 aromatic rings. The molecule has 1 atom stereocenters. The Morgan fingerprint density at radius 3 is 2.43 bits per heavy atom. The number of hydrogen-bond acceptors (Lipinski definition) is 6. The van der Waals surface area contributed by atoms with Crippen molar-refractivity contribution in [2.24, 2.45) is 0 Å². The number of methoxy groups -OCH3 is 2. The van der Waals surface area contributed by atoms with E-state index in [4.69, 9.17) is 9.47 Å². The molecule has 2 heterocycles. The highest BCUT2D eigenvalue weighted by atomic mass is 32.1. The summed E-state index contributed by atoms with van der Waals surface area (Å²) < 4.78 is 10.9. The predicted octanol–water partition coefficient (Wildman–Crippen LogP) is 5.90. The number of nitrogens with zero attached hydrogens (tertiary/aromatic N) is 1. The van der Waals surface area contributed by atoms with Crippen LogP contribution in [0.1, 0.15) is 53.5 Å². The number of hydrogen-bond donors (Lipinski definition) is 1. The van der Waals surface area contributed by atoms with Gasteiger partial charge in [-0.05, 0) is 60.4 Å². The Balaban J connectivity index is 1.78. The van der Waals surface area contributed by atoms with Gasteiger partial charge in [-0.15, -0.1) is 22.7 Å². The van der Waals surface area contributed by atoms with Crippen LogP contribution in [-0.4, -0.2) is 32.1 Å². The topological polar surface area (TPSA) is 67.9 Å². The number of nitrogens with one attached hydrogen (secondary N) is 1. The standard InChI is InChI=1S/C27H32N2O4S2/c1-18-13-15-35-26(18)25(27(31)28-19-8-5-4-6-9-19)29(24(30)17-21-10-7-14-34-21)20-11-12-22(32-2)23(16-20)33-3/h7,10-16,19,25H,4-6,8-9,17H2,1-3H3,(H,28,31)/t25-/m0/s1. The second-order valence-electron chi connectivity index (χ2n) is 8.77. The molecule has 1 aliphatic carbocycles. The third-order valence-electron chi connectivity index (χ3n) is 6.43. The molecule has 0 saturated heterocycles. The summed E-state index contributed by atoms with van der Waals surface area (Å²) in [5, 5.41) is 7.20. The lowest BCUT2D eigenvalue weighted by Gasteiger charge is -2.33. The van der Waals surface area contributed by atoms with Gasteiger partial charge in [-0.2, -0.15) is 0 Å². The van der Waals surface area contributed by atoms with Gasteiger partial charge in [-0.25, -0.2) is 0 Å². The van der Waals surface area contributed by atoms with Crippen LogP contribution in [0.15, 0.2) is 47.2 Å². The minimum Gasteiger partial charge on any atom is -0.493 e. The molecule has 1 aliphatic rings. The Bertz CT molecular complexity index is 1140. The number of carbonyl (C=O) groups excluding carboxylic acids is 2. The number of ether oxygens (including phenoxy) is 2. The first-order chi connectivity index (χ1) is 17.0. The van der Waals surface area contributed by atoms with E-state index in [-0.39, 0.29) is 24.3 Å². The van der Waals surface area contributed by atoms with Gasteiger partial charge in [0.15, 0.2) is 11.5 Å². The molecule has 2 aromatic heterocycles. The molecule has 8 heteroatoms. The van der Waals surface area contributed by atoms with Gasteiger partial charge in [0.1, 0.15) is 6.04 Å². The summed E-state index contributed by atoms with van der Waals surface area (Å²) in [6.07, 6.45) is 5.60. The van der Waals surface area contributed by atoms with Crippen molar-refractivity contribution in [2.75, 3.05) is 19.1 Å². The summed E-state index contributed by atoms with van der Waals surface area (Å²) >= 11 is 3.04. The number of anilines is 1. The van der Waals surface area contributed by atoms with Crippen molar-refractivity contribution < 1.29 is 19.1 Å². The summed E-state index contributed by atoms with van der Waals surface area (Å²) in [7, 11) is 3.14. The van der Waals surface area contributed by atoms with Crippen molar-refractivity contribution in [2.45, 2.75) is 57.5 Å². The maximum absolute atomic E-state index is 13.9. The first-order valence-corrected chi connectivity index (χ1v) is 13.7. The summed E-state index contributed by atoms with van der Waals surface area (Å²) in [5.74, 6) is 0.790. The Morgan fingerprint density at radius 1 is 1.03 bits per heavy atom. The molecular weight excluding hydrogens is 480 g/mol. The molecule has 0 radical (unpaired) electrons. The van der Waals surface area contributed by atoms with E-state index < -0.39 is 6.04 Å². The van der Waals surface area contributed by atoms with Crippen molar-refractivity contribution in [3.05, 3.63) is 62.5 Å². The molecule has 1 saturated carbocycles. The van der Waals surface area contributed by atoms with Crippen molar-refractivity contribution in [3.8, 4) is 11.5 Å². The number of carbonyl (C=O) groups is 2. The molecule has 1 aromatic carbocycles. The van der Waals surface area contributed by atoms with Gasteiger partial charge in [-0.1, -0.05) is 25.3 Å². The van der Waals surface area contributed by atoms with E-state index in [0.717, 1.165) is 41.0 Å². The molecular formula is C27H32N2O4S2. The first kappa shape index (κ1) is 25.3. The fourth-order valence-corrected chi connectivity index (χ4v) is 6.31. The van der Waals surface area contributed by atoms with Crippen molar-refractivity contribution in [3.63, 3.8) is 0 Å². The summed E-state index contributed by atoms with van der Waals surface area (Å²) in [4.78, 5) is 31.3. The van der Waals surface area contributed by atoms with Gasteiger partial charge in [0, 0.05) is 27.5 Å². The zero-order chi connectivity index (χ0) is 24.8. The fraction of sp³-hybridized carbons (Fsp3) is 0.407. The van der Waals surface area contributed by atoms with Crippen LogP contribution >= 0.6 is 22.7 Å². The Labute approximate surface area is 214 Å². The van der Waals surface area contributed by atoms with Crippen molar-refractivity contribution in [1.29, 1.82) is 0 Å². The minimum absolute atomic E-state index is 0.138. The van der Waals surface area contributed by atoms with Gasteiger partial charge in [0.05, 0.1) is 20.6 Å². The molecule has 0 spiro atoms. The second-order valence-corrected chi connectivity index (χ2v) is 10.8. The van der Waals surface area contributed by atoms with Gasteiger partial charge < -0.3 is 14.8 Å². The minimum atomic E-state index is -0.775. The van der Waals surface area contributed by atoms with Gasteiger partial charge >= 0.3 is 0 Å². The number of aryl methyl sites for hydroxylation is 1. The van der Waals surface area contributed by atoms with E-state index >= 15 is 0 Å². The molecule has 0 aliphatic heterocycles. The second kappa shape index (κ2) is 11.7. The SMILES string of the molecule is COc1ccc(N(C(=O)Cc2cccs2)[C@H](C(=O)NC2CCCCC2)c2sccc2C)cc1OC. The van der Waals surface area contributed by atoms with E-state index in [1.165, 1.54) is 29.1 Å². The molecule has 0 unspecified atom stereocenters. The van der Waals surface area contributed by atoms with Crippen LogP contribution in [0.4, 0.5) is 5.69 Å². The smallest absolute Gasteiger partial charge is 0.248 e. The lowest BCUT2D eigenvalue weighted by Crippen LogP contribution is -2.47. The van der Waals surface area contributed by atoms with E-state index in [1.807, 2.05) is 41.9 Å². The summed E-state index contributed by atoms with van der Waals surface area (Å²) in [5.41, 5.74) is 1.59. The normalized spacial score (nSPS) is 14.8. The van der Waals surface area contributed by atoms with Crippen LogP contribution in [0, 0.1) is 6.92 Å². The lowest BCUT2D eigenvalue weighted by molar-refractivity contribution is -0.127. The number of rotatable bonds is 9. The van der Waals surface area contributed by atoms with Crippen LogP contribution in [0.25, 0.3) is 0 Å². The summed E-state index contributed by atoms with van der Waals surface area (Å²) in [6.45, 7) is 1.99. The highest BCUT2D eigenvalue weighted by Crippen LogP contribution is 2.38. The zero-order valence-electron chi connectivity index (χ0n) is 20.4. The Morgan fingerprint density at radius 2 is 1.80 bits per heavy atom. The first-order valence-electron chi connectivity index (χ1n) is 11.9.